The number of piperidine rings is 1. The molecule has 0 unspecified atom stereocenters. The van der Waals surface area contributed by atoms with Gasteiger partial charge in [0.1, 0.15) is 0 Å². The highest BCUT2D eigenvalue weighted by Gasteiger charge is 2.23. The van der Waals surface area contributed by atoms with Gasteiger partial charge in [0.05, 0.1) is 11.4 Å². The predicted molar refractivity (Wildman–Crippen MR) is 108 cm³/mol. The number of carbonyl (C=O) groups excluding carboxylic acids is 2. The molecule has 7 nitrogen and oxygen atoms in total. The second-order valence-corrected chi connectivity index (χ2v) is 8.72. The van der Waals surface area contributed by atoms with Crippen LogP contribution < -0.4 is 10.2 Å². The molecule has 2 aromatic carbocycles. The van der Waals surface area contributed by atoms with Gasteiger partial charge in [-0.3, -0.25) is 9.59 Å². The third-order valence-corrected chi connectivity index (χ3v) is 6.40. The lowest BCUT2D eigenvalue weighted by atomic mass is 10.1. The Labute approximate surface area is 165 Å². The molecule has 0 saturated carbocycles. The van der Waals surface area contributed by atoms with Crippen molar-refractivity contribution in [1.29, 1.82) is 0 Å². The number of likely N-dealkylation sites (N-methyl/N-ethyl adjacent to an activating group) is 1. The lowest BCUT2D eigenvalue weighted by Crippen LogP contribution is -2.35. The van der Waals surface area contributed by atoms with Gasteiger partial charge >= 0.3 is 0 Å². The molecule has 1 fully saturated rings. The molecule has 0 atom stereocenters. The van der Waals surface area contributed by atoms with Gasteiger partial charge in [-0.1, -0.05) is 24.3 Å². The van der Waals surface area contributed by atoms with Gasteiger partial charge in [0.25, 0.3) is 0 Å². The summed E-state index contributed by atoms with van der Waals surface area (Å²) in [7, 11) is -2.37. The summed E-state index contributed by atoms with van der Waals surface area (Å²) in [4.78, 5) is 26.3. The van der Waals surface area contributed by atoms with Crippen molar-refractivity contribution >= 4 is 33.2 Å². The van der Waals surface area contributed by atoms with Crippen molar-refractivity contribution in [2.45, 2.75) is 24.2 Å². The van der Waals surface area contributed by atoms with E-state index in [2.05, 4.69) is 5.32 Å². The number of carbonyl (C=O) groups is 2. The van der Waals surface area contributed by atoms with E-state index in [9.17, 15) is 18.0 Å². The Balaban J connectivity index is 1.66. The molecule has 0 spiro atoms. The van der Waals surface area contributed by atoms with Crippen LogP contribution in [0.2, 0.25) is 0 Å². The van der Waals surface area contributed by atoms with Crippen molar-refractivity contribution in [3.8, 4) is 0 Å². The largest absolute Gasteiger partial charge is 0.325 e. The molecule has 1 N–H and O–H groups in total. The van der Waals surface area contributed by atoms with Crippen molar-refractivity contribution in [3.05, 3.63) is 54.6 Å². The first-order valence-corrected chi connectivity index (χ1v) is 10.5. The second kappa shape index (κ2) is 8.53. The molecule has 3 rings (SSSR count). The molecule has 8 heteroatoms. The molecule has 1 saturated heterocycles. The third kappa shape index (κ3) is 4.58. The van der Waals surface area contributed by atoms with Crippen LogP contribution in [0, 0.1) is 0 Å². The average molecular weight is 401 g/mol. The van der Waals surface area contributed by atoms with E-state index >= 15 is 0 Å². The maximum absolute atomic E-state index is 12.5. The number of amides is 2. The zero-order chi connectivity index (χ0) is 20.1. The van der Waals surface area contributed by atoms with Gasteiger partial charge in [0.15, 0.2) is 0 Å². The van der Waals surface area contributed by atoms with Crippen LogP contribution in [0.1, 0.15) is 19.3 Å². The molecule has 1 heterocycles. The Kier molecular flexibility index (Phi) is 6.11. The molecule has 28 heavy (non-hydrogen) atoms. The highest BCUT2D eigenvalue weighted by atomic mass is 32.2. The van der Waals surface area contributed by atoms with Crippen LogP contribution in [0.15, 0.2) is 59.5 Å². The van der Waals surface area contributed by atoms with E-state index in [1.165, 1.54) is 19.2 Å². The molecule has 2 aromatic rings. The van der Waals surface area contributed by atoms with Gasteiger partial charge in [0.2, 0.25) is 21.8 Å². The topological polar surface area (TPSA) is 86.8 Å². The number of nitrogens with zero attached hydrogens (tertiary/aromatic N) is 2. The quantitative estimate of drug-likeness (QED) is 0.806. The summed E-state index contributed by atoms with van der Waals surface area (Å²) >= 11 is 0. The monoisotopic (exact) mass is 401 g/mol. The third-order valence-electron chi connectivity index (χ3n) is 4.58. The number of sulfonamides is 1. The van der Waals surface area contributed by atoms with E-state index in [-0.39, 0.29) is 17.3 Å². The van der Waals surface area contributed by atoms with E-state index in [1.54, 1.807) is 41.3 Å². The minimum absolute atomic E-state index is 0.0726. The summed E-state index contributed by atoms with van der Waals surface area (Å²) in [5.74, 6) is -0.382. The fourth-order valence-electron chi connectivity index (χ4n) is 3.09. The molecule has 2 amide bonds. The number of hydrogen-bond acceptors (Lipinski definition) is 4. The first-order valence-electron chi connectivity index (χ1n) is 9.09. The van der Waals surface area contributed by atoms with Crippen LogP contribution in [0.5, 0.6) is 0 Å². The molecular formula is C20H23N3O4S. The summed E-state index contributed by atoms with van der Waals surface area (Å²) in [5, 5.41) is 2.71. The van der Waals surface area contributed by atoms with Crippen LogP contribution in [0.3, 0.4) is 0 Å². The highest BCUT2D eigenvalue weighted by molar-refractivity contribution is 7.89. The minimum atomic E-state index is -3.74. The van der Waals surface area contributed by atoms with Crippen LogP contribution >= 0.6 is 0 Å². The fraction of sp³-hybridized carbons (Fsp3) is 0.300. The second-order valence-electron chi connectivity index (χ2n) is 6.68. The van der Waals surface area contributed by atoms with Crippen molar-refractivity contribution in [2.24, 2.45) is 0 Å². The number of hydrogen-bond donors (Lipinski definition) is 1. The van der Waals surface area contributed by atoms with E-state index in [4.69, 9.17) is 0 Å². The number of anilines is 2. The van der Waals surface area contributed by atoms with Gasteiger partial charge in [-0.05, 0) is 43.2 Å². The number of rotatable bonds is 6. The number of benzene rings is 2. The molecule has 0 radical (unpaired) electrons. The van der Waals surface area contributed by atoms with Crippen LogP contribution in [-0.2, 0) is 19.6 Å². The molecule has 0 aromatic heterocycles. The standard InChI is InChI=1S/C20H23N3O4S/c1-22(28(26,27)18-10-3-2-4-11-18)15-19(24)21-16-8-7-9-17(14-16)23-13-6-5-12-20(23)25/h2-4,7-11,14H,5-6,12-13,15H2,1H3,(H,21,24). The van der Waals surface area contributed by atoms with Crippen molar-refractivity contribution in [2.75, 3.05) is 30.4 Å². The molecule has 1 aliphatic heterocycles. The van der Waals surface area contributed by atoms with Gasteiger partial charge < -0.3 is 10.2 Å². The first kappa shape index (κ1) is 20.0. The van der Waals surface area contributed by atoms with E-state index in [0.717, 1.165) is 22.8 Å². The van der Waals surface area contributed by atoms with E-state index in [1.807, 2.05) is 6.07 Å². The Morgan fingerprint density at radius 3 is 2.57 bits per heavy atom. The Morgan fingerprint density at radius 1 is 1.11 bits per heavy atom. The van der Waals surface area contributed by atoms with E-state index < -0.39 is 15.9 Å². The lowest BCUT2D eigenvalue weighted by Gasteiger charge is -2.27. The fourth-order valence-corrected chi connectivity index (χ4v) is 4.24. The van der Waals surface area contributed by atoms with Crippen molar-refractivity contribution < 1.29 is 18.0 Å². The maximum atomic E-state index is 12.5. The summed E-state index contributed by atoms with van der Waals surface area (Å²) in [5.41, 5.74) is 1.25. The van der Waals surface area contributed by atoms with Gasteiger partial charge in [-0.15, -0.1) is 0 Å². The van der Waals surface area contributed by atoms with Crippen LogP contribution in [-0.4, -0.2) is 44.7 Å². The van der Waals surface area contributed by atoms with Crippen LogP contribution in [0.4, 0.5) is 11.4 Å². The molecule has 148 valence electrons. The summed E-state index contributed by atoms with van der Waals surface area (Å²) in [6.45, 7) is 0.346. The predicted octanol–water partition coefficient (Wildman–Crippen LogP) is 2.46. The molecular weight excluding hydrogens is 378 g/mol. The maximum Gasteiger partial charge on any atom is 0.243 e. The molecule has 0 bridgehead atoms. The normalized spacial score (nSPS) is 14.9. The molecule has 0 aliphatic carbocycles. The number of nitrogens with one attached hydrogen (secondary N) is 1. The zero-order valence-corrected chi connectivity index (χ0v) is 16.5. The minimum Gasteiger partial charge on any atom is -0.325 e. The highest BCUT2D eigenvalue weighted by Crippen LogP contribution is 2.24. The first-order chi connectivity index (χ1) is 13.4. The Bertz CT molecular complexity index is 960. The van der Waals surface area contributed by atoms with Gasteiger partial charge in [-0.2, -0.15) is 4.31 Å². The lowest BCUT2D eigenvalue weighted by molar-refractivity contribution is -0.119. The zero-order valence-electron chi connectivity index (χ0n) is 15.7. The SMILES string of the molecule is CN(CC(=O)Nc1cccc(N2CCCCC2=O)c1)S(=O)(=O)c1ccccc1. The summed E-state index contributed by atoms with van der Waals surface area (Å²) < 4.78 is 26.0. The molecule has 1 aliphatic rings. The van der Waals surface area contributed by atoms with Crippen molar-refractivity contribution in [3.63, 3.8) is 0 Å². The van der Waals surface area contributed by atoms with Gasteiger partial charge in [0, 0.05) is 31.4 Å². The summed E-state index contributed by atoms with van der Waals surface area (Å²) in [6, 6.07) is 15.0. The van der Waals surface area contributed by atoms with Crippen molar-refractivity contribution in [1.82, 2.24) is 4.31 Å². The summed E-state index contributed by atoms with van der Waals surface area (Å²) in [6.07, 6.45) is 2.37. The Hall–Kier alpha value is -2.71. The average Bonchev–Trinajstić information content (AvgIpc) is 2.69. The van der Waals surface area contributed by atoms with E-state index in [0.29, 0.717) is 18.7 Å². The smallest absolute Gasteiger partial charge is 0.243 e. The van der Waals surface area contributed by atoms with Gasteiger partial charge in [-0.25, -0.2) is 8.42 Å². The van der Waals surface area contributed by atoms with Crippen LogP contribution in [0.25, 0.3) is 0 Å². The Morgan fingerprint density at radius 2 is 1.86 bits per heavy atom.